The van der Waals surface area contributed by atoms with Gasteiger partial charge < -0.3 is 19.7 Å². The van der Waals surface area contributed by atoms with Crippen molar-refractivity contribution in [3.05, 3.63) is 42.1 Å². The van der Waals surface area contributed by atoms with E-state index in [2.05, 4.69) is 17.1 Å². The monoisotopic (exact) mass is 383 g/mol. The van der Waals surface area contributed by atoms with Gasteiger partial charge in [-0.3, -0.25) is 0 Å². The molecule has 150 valence electrons. The summed E-state index contributed by atoms with van der Waals surface area (Å²) < 4.78 is 11.1. The molecule has 1 N–H and O–H groups in total. The number of aromatic nitrogens is 1. The molecule has 0 spiro atoms. The molecule has 6 heteroatoms. The van der Waals surface area contributed by atoms with Gasteiger partial charge in [0.1, 0.15) is 5.75 Å². The minimum atomic E-state index is -0.387. The number of hydrogen-bond donors (Lipinski definition) is 1. The first kappa shape index (κ1) is 20.1. The van der Waals surface area contributed by atoms with E-state index in [1.165, 1.54) is 0 Å². The average Bonchev–Trinajstić information content (AvgIpc) is 2.74. The number of anilines is 1. The molecule has 1 saturated heterocycles. The standard InChI is InChI=1S/C22H29N3O3/c1-4-16-15-23-13-14-25(16)19-12-11-18(24-21(19)22(26)28-6-3)17-9-7-8-10-20(17)27-5-2/h7-12,16,23H,4-6,13-15H2,1-3H3/t16-/m1/s1. The third-order valence-corrected chi connectivity index (χ3v) is 4.94. The smallest absolute Gasteiger partial charge is 0.359 e. The van der Waals surface area contributed by atoms with Crippen LogP contribution in [-0.2, 0) is 4.74 Å². The molecule has 2 aromatic rings. The molecule has 3 rings (SSSR count). The quantitative estimate of drug-likeness (QED) is 0.738. The highest BCUT2D eigenvalue weighted by Crippen LogP contribution is 2.32. The molecule has 0 aliphatic carbocycles. The molecule has 0 bridgehead atoms. The van der Waals surface area contributed by atoms with Gasteiger partial charge in [0.25, 0.3) is 0 Å². The Morgan fingerprint density at radius 3 is 2.75 bits per heavy atom. The molecular formula is C22H29N3O3. The summed E-state index contributed by atoms with van der Waals surface area (Å²) in [7, 11) is 0. The van der Waals surface area contributed by atoms with E-state index in [4.69, 9.17) is 14.5 Å². The lowest BCUT2D eigenvalue weighted by atomic mass is 10.1. The van der Waals surface area contributed by atoms with Crippen LogP contribution >= 0.6 is 0 Å². The van der Waals surface area contributed by atoms with Crippen LogP contribution < -0.4 is 15.0 Å². The highest BCUT2D eigenvalue weighted by molar-refractivity contribution is 5.94. The fourth-order valence-corrected chi connectivity index (χ4v) is 3.59. The number of hydrogen-bond acceptors (Lipinski definition) is 6. The zero-order valence-corrected chi connectivity index (χ0v) is 16.9. The largest absolute Gasteiger partial charge is 0.493 e. The van der Waals surface area contributed by atoms with Gasteiger partial charge in [0.2, 0.25) is 0 Å². The average molecular weight is 383 g/mol. The first-order chi connectivity index (χ1) is 13.7. The van der Waals surface area contributed by atoms with Gasteiger partial charge >= 0.3 is 5.97 Å². The van der Waals surface area contributed by atoms with Crippen molar-refractivity contribution in [2.75, 3.05) is 37.7 Å². The number of pyridine rings is 1. The summed E-state index contributed by atoms with van der Waals surface area (Å²) in [5, 5.41) is 3.42. The van der Waals surface area contributed by atoms with E-state index >= 15 is 0 Å². The maximum atomic E-state index is 12.7. The molecule has 0 saturated carbocycles. The number of carbonyl (C=O) groups excluding carboxylic acids is 1. The number of benzene rings is 1. The number of piperazine rings is 1. The van der Waals surface area contributed by atoms with Gasteiger partial charge in [0.15, 0.2) is 5.69 Å². The van der Waals surface area contributed by atoms with Crippen molar-refractivity contribution in [1.29, 1.82) is 0 Å². The zero-order chi connectivity index (χ0) is 19.9. The molecule has 6 nitrogen and oxygen atoms in total. The van der Waals surface area contributed by atoms with Crippen LogP contribution in [0.1, 0.15) is 37.7 Å². The Bertz CT molecular complexity index is 809. The van der Waals surface area contributed by atoms with Crippen molar-refractivity contribution < 1.29 is 14.3 Å². The fourth-order valence-electron chi connectivity index (χ4n) is 3.59. The van der Waals surface area contributed by atoms with Crippen molar-refractivity contribution in [3.63, 3.8) is 0 Å². The van der Waals surface area contributed by atoms with E-state index in [1.807, 2.05) is 50.2 Å². The summed E-state index contributed by atoms with van der Waals surface area (Å²) in [5.74, 6) is 0.371. The third-order valence-electron chi connectivity index (χ3n) is 4.94. The summed E-state index contributed by atoms with van der Waals surface area (Å²) in [4.78, 5) is 19.7. The summed E-state index contributed by atoms with van der Waals surface area (Å²) in [5.41, 5.74) is 2.78. The third kappa shape index (κ3) is 4.28. The van der Waals surface area contributed by atoms with E-state index in [0.29, 0.717) is 30.6 Å². The van der Waals surface area contributed by atoms with E-state index < -0.39 is 0 Å². The van der Waals surface area contributed by atoms with Gasteiger partial charge in [-0.05, 0) is 44.5 Å². The topological polar surface area (TPSA) is 63.7 Å². The van der Waals surface area contributed by atoms with Crippen molar-refractivity contribution in [2.45, 2.75) is 33.2 Å². The molecule has 0 radical (unpaired) electrons. The van der Waals surface area contributed by atoms with Crippen LogP contribution in [0.2, 0.25) is 0 Å². The maximum absolute atomic E-state index is 12.7. The Balaban J connectivity index is 2.06. The van der Waals surface area contributed by atoms with Gasteiger partial charge in [-0.1, -0.05) is 19.1 Å². The van der Waals surface area contributed by atoms with Crippen molar-refractivity contribution in [3.8, 4) is 17.0 Å². The molecule has 28 heavy (non-hydrogen) atoms. The lowest BCUT2D eigenvalue weighted by Crippen LogP contribution is -2.51. The molecule has 2 heterocycles. The summed E-state index contributed by atoms with van der Waals surface area (Å²) in [6.45, 7) is 9.42. The molecule has 1 aliphatic rings. The highest BCUT2D eigenvalue weighted by Gasteiger charge is 2.27. The van der Waals surface area contributed by atoms with Gasteiger partial charge in [-0.25, -0.2) is 9.78 Å². The predicted molar refractivity (Wildman–Crippen MR) is 111 cm³/mol. The number of carbonyl (C=O) groups is 1. The molecule has 1 aromatic heterocycles. The first-order valence-corrected chi connectivity index (χ1v) is 10.1. The Labute approximate surface area is 166 Å². The predicted octanol–water partition coefficient (Wildman–Crippen LogP) is 3.51. The minimum absolute atomic E-state index is 0.318. The van der Waals surface area contributed by atoms with E-state index in [-0.39, 0.29) is 5.97 Å². The maximum Gasteiger partial charge on any atom is 0.359 e. The molecule has 1 aliphatic heterocycles. The lowest BCUT2D eigenvalue weighted by Gasteiger charge is -2.38. The fraction of sp³-hybridized carbons (Fsp3) is 0.455. The Morgan fingerprint density at radius 1 is 1.18 bits per heavy atom. The number of esters is 1. The molecule has 0 unspecified atom stereocenters. The lowest BCUT2D eigenvalue weighted by molar-refractivity contribution is 0.0520. The molecule has 0 amide bonds. The second-order valence-corrected chi connectivity index (χ2v) is 6.67. The second kappa shape index (κ2) is 9.55. The number of nitrogens with one attached hydrogen (secondary N) is 1. The number of rotatable bonds is 7. The van der Waals surface area contributed by atoms with Crippen molar-refractivity contribution in [1.82, 2.24) is 10.3 Å². The Kier molecular flexibility index (Phi) is 6.87. The molecule has 1 aromatic carbocycles. The van der Waals surface area contributed by atoms with Gasteiger partial charge in [-0.15, -0.1) is 0 Å². The van der Waals surface area contributed by atoms with Gasteiger partial charge in [0.05, 0.1) is 24.6 Å². The molecule has 1 fully saturated rings. The zero-order valence-electron chi connectivity index (χ0n) is 16.9. The van der Waals surface area contributed by atoms with Gasteiger partial charge in [0, 0.05) is 31.2 Å². The van der Waals surface area contributed by atoms with Crippen LogP contribution in [0.4, 0.5) is 5.69 Å². The van der Waals surface area contributed by atoms with Crippen LogP contribution in [0, 0.1) is 0 Å². The molecular weight excluding hydrogens is 354 g/mol. The Morgan fingerprint density at radius 2 is 2.00 bits per heavy atom. The van der Waals surface area contributed by atoms with Crippen LogP contribution in [0.25, 0.3) is 11.3 Å². The van der Waals surface area contributed by atoms with Crippen molar-refractivity contribution in [2.24, 2.45) is 0 Å². The van der Waals surface area contributed by atoms with Crippen molar-refractivity contribution >= 4 is 11.7 Å². The summed E-state index contributed by atoms with van der Waals surface area (Å²) >= 11 is 0. The van der Waals surface area contributed by atoms with Crippen LogP contribution in [0.15, 0.2) is 36.4 Å². The Hall–Kier alpha value is -2.60. The summed E-state index contributed by atoms with van der Waals surface area (Å²) in [6.07, 6.45) is 0.990. The van der Waals surface area contributed by atoms with Crippen LogP contribution in [0.5, 0.6) is 5.75 Å². The normalized spacial score (nSPS) is 16.7. The number of ether oxygens (including phenoxy) is 2. The number of nitrogens with zero attached hydrogens (tertiary/aromatic N) is 2. The first-order valence-electron chi connectivity index (χ1n) is 10.1. The minimum Gasteiger partial charge on any atom is -0.493 e. The van der Waals surface area contributed by atoms with E-state index in [9.17, 15) is 4.79 Å². The van der Waals surface area contributed by atoms with Crippen LogP contribution in [0.3, 0.4) is 0 Å². The van der Waals surface area contributed by atoms with Gasteiger partial charge in [-0.2, -0.15) is 0 Å². The van der Waals surface area contributed by atoms with E-state index in [1.54, 1.807) is 0 Å². The van der Waals surface area contributed by atoms with E-state index in [0.717, 1.165) is 43.1 Å². The molecule has 1 atom stereocenters. The number of para-hydroxylation sites is 1. The summed E-state index contributed by atoms with van der Waals surface area (Å²) in [6, 6.07) is 12.0. The van der Waals surface area contributed by atoms with Crippen LogP contribution in [-0.4, -0.2) is 49.8 Å². The SMILES string of the molecule is CCOC(=O)c1nc(-c2ccccc2OCC)ccc1N1CCNC[C@H]1CC. The second-order valence-electron chi connectivity index (χ2n) is 6.67. The highest BCUT2D eigenvalue weighted by atomic mass is 16.5.